The monoisotopic (exact) mass is 315 g/mol. The van der Waals surface area contributed by atoms with Crippen molar-refractivity contribution in [1.29, 1.82) is 0 Å². The van der Waals surface area contributed by atoms with Crippen molar-refractivity contribution >= 4 is 22.6 Å². The molecular weight excluding hydrogens is 290 g/mol. The van der Waals surface area contributed by atoms with E-state index in [0.29, 0.717) is 32.6 Å². The normalized spacial score (nSPS) is 25.3. The second-order valence-electron chi connectivity index (χ2n) is 4.47. The molecule has 2 N–H and O–H groups in total. The molecule has 116 valence electrons. The summed E-state index contributed by atoms with van der Waals surface area (Å²) < 4.78 is 33.3. The van der Waals surface area contributed by atoms with Gasteiger partial charge in [-0.1, -0.05) is 13.8 Å². The third kappa shape index (κ3) is 4.27. The molecule has 0 amide bonds. The summed E-state index contributed by atoms with van der Waals surface area (Å²) in [4.78, 5) is 0. The molecule has 0 spiro atoms. The third-order valence-corrected chi connectivity index (χ3v) is 5.79. The lowest BCUT2D eigenvalue weighted by Gasteiger charge is -2.39. The minimum absolute atomic E-state index is 0. The molecule has 0 aromatic carbocycles. The van der Waals surface area contributed by atoms with E-state index in [1.807, 2.05) is 13.8 Å². The van der Waals surface area contributed by atoms with Crippen LogP contribution >= 0.6 is 12.4 Å². The number of hydrogen-bond acceptors (Lipinski definition) is 4. The van der Waals surface area contributed by atoms with Crippen LogP contribution in [0.4, 0.5) is 0 Å². The molecule has 19 heavy (non-hydrogen) atoms. The Bertz CT molecular complexity index is 349. The Balaban J connectivity index is 0.00000324. The molecular formula is C11H26ClN3O3S. The number of halogens is 1. The van der Waals surface area contributed by atoms with Crippen molar-refractivity contribution in [2.75, 3.05) is 33.3 Å². The average Bonchev–Trinajstić information content (AvgIpc) is 2.38. The topological polar surface area (TPSA) is 75.9 Å². The van der Waals surface area contributed by atoms with E-state index >= 15 is 0 Å². The fourth-order valence-corrected chi connectivity index (χ4v) is 4.26. The second kappa shape index (κ2) is 8.39. The molecule has 0 aliphatic carbocycles. The zero-order valence-electron chi connectivity index (χ0n) is 11.9. The maximum Gasteiger partial charge on any atom is 0.282 e. The summed E-state index contributed by atoms with van der Waals surface area (Å²) in [5, 5.41) is 0. The van der Waals surface area contributed by atoms with E-state index in [9.17, 15) is 8.42 Å². The highest BCUT2D eigenvalue weighted by atomic mass is 35.5. The lowest BCUT2D eigenvalue weighted by molar-refractivity contribution is 0.0385. The predicted molar refractivity (Wildman–Crippen MR) is 78.7 cm³/mol. The Morgan fingerprint density at radius 1 is 1.37 bits per heavy atom. The van der Waals surface area contributed by atoms with Crippen molar-refractivity contribution in [3.8, 4) is 0 Å². The van der Waals surface area contributed by atoms with Gasteiger partial charge in [0.05, 0.1) is 6.10 Å². The Hall–Kier alpha value is 0.0800. The van der Waals surface area contributed by atoms with Gasteiger partial charge in [-0.15, -0.1) is 12.4 Å². The van der Waals surface area contributed by atoms with Crippen molar-refractivity contribution in [1.82, 2.24) is 8.61 Å². The quantitative estimate of drug-likeness (QED) is 0.771. The SMILES string of the molecule is CCN(CC)S(=O)(=O)N1CCC(OC)CC1CN.Cl. The maximum atomic E-state index is 12.5. The molecule has 1 aliphatic rings. The number of methoxy groups -OCH3 is 1. The molecule has 0 saturated carbocycles. The van der Waals surface area contributed by atoms with Crippen LogP contribution in [0.2, 0.25) is 0 Å². The first-order valence-corrected chi connectivity index (χ1v) is 7.90. The van der Waals surface area contributed by atoms with Crippen molar-refractivity contribution in [2.24, 2.45) is 5.73 Å². The summed E-state index contributed by atoms with van der Waals surface area (Å²) in [7, 11) is -1.73. The summed E-state index contributed by atoms with van der Waals surface area (Å²) in [5.74, 6) is 0. The van der Waals surface area contributed by atoms with Gasteiger partial charge in [-0.3, -0.25) is 0 Å². The van der Waals surface area contributed by atoms with E-state index in [-0.39, 0.29) is 24.6 Å². The first kappa shape index (κ1) is 19.1. The molecule has 1 heterocycles. The van der Waals surface area contributed by atoms with E-state index < -0.39 is 10.2 Å². The molecule has 0 radical (unpaired) electrons. The number of nitrogens with two attached hydrogens (primary N) is 1. The molecule has 0 bridgehead atoms. The van der Waals surface area contributed by atoms with Gasteiger partial charge >= 0.3 is 0 Å². The second-order valence-corrected chi connectivity index (χ2v) is 6.36. The van der Waals surface area contributed by atoms with Gasteiger partial charge in [0.1, 0.15) is 0 Å². The van der Waals surface area contributed by atoms with Gasteiger partial charge in [0.15, 0.2) is 0 Å². The minimum atomic E-state index is -3.39. The molecule has 2 unspecified atom stereocenters. The van der Waals surface area contributed by atoms with Crippen LogP contribution in [0.25, 0.3) is 0 Å². The summed E-state index contributed by atoms with van der Waals surface area (Å²) in [6, 6.07) is -0.158. The maximum absolute atomic E-state index is 12.5. The first-order valence-electron chi connectivity index (χ1n) is 6.50. The number of rotatable bonds is 6. The van der Waals surface area contributed by atoms with Crippen molar-refractivity contribution in [3.05, 3.63) is 0 Å². The summed E-state index contributed by atoms with van der Waals surface area (Å²) in [5.41, 5.74) is 5.71. The van der Waals surface area contributed by atoms with Crippen LogP contribution in [0.3, 0.4) is 0 Å². The Morgan fingerprint density at radius 2 is 1.95 bits per heavy atom. The molecule has 2 atom stereocenters. The summed E-state index contributed by atoms with van der Waals surface area (Å²) in [6.45, 7) is 5.49. The summed E-state index contributed by atoms with van der Waals surface area (Å²) in [6.07, 6.45) is 1.52. The van der Waals surface area contributed by atoms with E-state index in [2.05, 4.69) is 0 Å². The van der Waals surface area contributed by atoms with Gasteiger partial charge in [-0.2, -0.15) is 17.0 Å². The van der Waals surface area contributed by atoms with Crippen LogP contribution in [0.1, 0.15) is 26.7 Å². The Kier molecular flexibility index (Phi) is 8.42. The highest BCUT2D eigenvalue weighted by Gasteiger charge is 2.37. The number of ether oxygens (including phenoxy) is 1. The molecule has 8 heteroatoms. The number of nitrogens with zero attached hydrogens (tertiary/aromatic N) is 2. The van der Waals surface area contributed by atoms with Crippen molar-refractivity contribution in [3.63, 3.8) is 0 Å². The van der Waals surface area contributed by atoms with Crippen LogP contribution < -0.4 is 5.73 Å². The van der Waals surface area contributed by atoms with Crippen molar-refractivity contribution in [2.45, 2.75) is 38.8 Å². The Morgan fingerprint density at radius 3 is 2.37 bits per heavy atom. The fourth-order valence-electron chi connectivity index (χ4n) is 2.42. The highest BCUT2D eigenvalue weighted by molar-refractivity contribution is 7.86. The number of hydrogen-bond donors (Lipinski definition) is 1. The fraction of sp³-hybridized carbons (Fsp3) is 1.00. The number of piperidine rings is 1. The standard InChI is InChI=1S/C11H25N3O3S.ClH/c1-4-13(5-2)18(15,16)14-7-6-11(17-3)8-10(14)9-12;/h10-11H,4-9,12H2,1-3H3;1H. The van der Waals surface area contributed by atoms with Gasteiger partial charge in [0, 0.05) is 39.3 Å². The lowest BCUT2D eigenvalue weighted by atomic mass is 10.0. The van der Waals surface area contributed by atoms with E-state index in [4.69, 9.17) is 10.5 Å². The highest BCUT2D eigenvalue weighted by Crippen LogP contribution is 2.23. The molecule has 6 nitrogen and oxygen atoms in total. The minimum Gasteiger partial charge on any atom is -0.381 e. The molecule has 1 aliphatic heterocycles. The third-order valence-electron chi connectivity index (χ3n) is 3.55. The van der Waals surface area contributed by atoms with Gasteiger partial charge in [-0.05, 0) is 12.8 Å². The van der Waals surface area contributed by atoms with Crippen LogP contribution in [-0.2, 0) is 14.9 Å². The van der Waals surface area contributed by atoms with Gasteiger partial charge in [-0.25, -0.2) is 0 Å². The first-order chi connectivity index (χ1) is 8.51. The molecule has 1 saturated heterocycles. The van der Waals surface area contributed by atoms with Crippen molar-refractivity contribution < 1.29 is 13.2 Å². The van der Waals surface area contributed by atoms with Crippen LogP contribution in [0.15, 0.2) is 0 Å². The van der Waals surface area contributed by atoms with Gasteiger partial charge in [0.25, 0.3) is 10.2 Å². The molecule has 0 aromatic rings. The van der Waals surface area contributed by atoms with E-state index in [0.717, 1.165) is 6.42 Å². The van der Waals surface area contributed by atoms with Crippen LogP contribution in [0, 0.1) is 0 Å². The van der Waals surface area contributed by atoms with Crippen LogP contribution in [-0.4, -0.2) is 62.5 Å². The predicted octanol–water partition coefficient (Wildman–Crippen LogP) is 0.433. The van der Waals surface area contributed by atoms with E-state index in [1.165, 1.54) is 8.61 Å². The zero-order valence-corrected chi connectivity index (χ0v) is 13.5. The van der Waals surface area contributed by atoms with E-state index in [1.54, 1.807) is 7.11 Å². The molecule has 1 fully saturated rings. The largest absolute Gasteiger partial charge is 0.381 e. The smallest absolute Gasteiger partial charge is 0.282 e. The summed E-state index contributed by atoms with van der Waals surface area (Å²) >= 11 is 0. The van der Waals surface area contributed by atoms with Gasteiger partial charge in [0.2, 0.25) is 0 Å². The molecule has 1 rings (SSSR count). The lowest BCUT2D eigenvalue weighted by Crippen LogP contribution is -2.55. The van der Waals surface area contributed by atoms with Crippen LogP contribution in [0.5, 0.6) is 0 Å². The average molecular weight is 316 g/mol. The van der Waals surface area contributed by atoms with Gasteiger partial charge < -0.3 is 10.5 Å². The zero-order chi connectivity index (χ0) is 13.8. The Labute approximate surface area is 122 Å². The molecule has 0 aromatic heterocycles.